The van der Waals surface area contributed by atoms with Crippen molar-refractivity contribution in [1.29, 1.82) is 0 Å². The van der Waals surface area contributed by atoms with Crippen LogP contribution in [0.4, 0.5) is 23.7 Å². The minimum atomic E-state index is -4.45. The number of anilines is 1. The first-order valence-corrected chi connectivity index (χ1v) is 7.37. The minimum Gasteiger partial charge on any atom is -0.326 e. The average Bonchev–Trinajstić information content (AvgIpc) is 3.21. The maximum absolute atomic E-state index is 12.9. The van der Waals surface area contributed by atoms with Crippen molar-refractivity contribution in [3.05, 3.63) is 35.7 Å². The van der Waals surface area contributed by atoms with E-state index in [2.05, 4.69) is 25.9 Å². The minimum absolute atomic E-state index is 0.390. The molecule has 0 saturated heterocycles. The van der Waals surface area contributed by atoms with E-state index < -0.39 is 24.2 Å². The van der Waals surface area contributed by atoms with Crippen LogP contribution in [-0.4, -0.2) is 38.9 Å². The molecule has 3 rings (SSSR count). The SMILES string of the molecule is O=C(Nc1cccc(Cc2nn[nH]n2)c1)NC(C1CC1)C(F)(F)F. The summed E-state index contributed by atoms with van der Waals surface area (Å²) < 4.78 is 38.8. The monoisotopic (exact) mass is 340 g/mol. The summed E-state index contributed by atoms with van der Waals surface area (Å²) in [6.07, 6.45) is -3.10. The van der Waals surface area contributed by atoms with Crippen LogP contribution >= 0.6 is 0 Å². The number of rotatable bonds is 5. The van der Waals surface area contributed by atoms with Crippen molar-refractivity contribution >= 4 is 11.7 Å². The molecule has 1 unspecified atom stereocenters. The molecule has 1 heterocycles. The van der Waals surface area contributed by atoms with Crippen molar-refractivity contribution in [1.82, 2.24) is 25.9 Å². The smallest absolute Gasteiger partial charge is 0.326 e. The van der Waals surface area contributed by atoms with E-state index >= 15 is 0 Å². The van der Waals surface area contributed by atoms with E-state index in [1.54, 1.807) is 24.3 Å². The van der Waals surface area contributed by atoms with Crippen LogP contribution in [-0.2, 0) is 6.42 Å². The molecule has 0 aliphatic heterocycles. The summed E-state index contributed by atoms with van der Waals surface area (Å²) >= 11 is 0. The number of carbonyl (C=O) groups excluding carboxylic acids is 1. The fourth-order valence-electron chi connectivity index (χ4n) is 2.40. The number of H-pyrrole nitrogens is 1. The summed E-state index contributed by atoms with van der Waals surface area (Å²) in [5.41, 5.74) is 1.19. The summed E-state index contributed by atoms with van der Waals surface area (Å²) in [6, 6.07) is 4.05. The third-order valence-corrected chi connectivity index (χ3v) is 3.67. The molecule has 2 aromatic rings. The Morgan fingerprint density at radius 3 is 2.79 bits per heavy atom. The number of hydrogen-bond acceptors (Lipinski definition) is 4. The van der Waals surface area contributed by atoms with Gasteiger partial charge in [-0.3, -0.25) is 0 Å². The molecule has 0 bridgehead atoms. The van der Waals surface area contributed by atoms with Crippen molar-refractivity contribution in [3.63, 3.8) is 0 Å². The lowest BCUT2D eigenvalue weighted by atomic mass is 10.1. The zero-order chi connectivity index (χ0) is 17.2. The largest absolute Gasteiger partial charge is 0.408 e. The van der Waals surface area contributed by atoms with Crippen LogP contribution in [0.1, 0.15) is 24.2 Å². The second kappa shape index (κ2) is 6.46. The first-order chi connectivity index (χ1) is 11.4. The molecule has 2 amide bonds. The molecule has 128 valence electrons. The van der Waals surface area contributed by atoms with Gasteiger partial charge in [0.05, 0.1) is 0 Å². The van der Waals surface area contributed by atoms with Gasteiger partial charge in [-0.2, -0.15) is 18.4 Å². The van der Waals surface area contributed by atoms with E-state index in [-0.39, 0.29) is 0 Å². The maximum Gasteiger partial charge on any atom is 0.408 e. The Labute approximate surface area is 135 Å². The second-order valence-corrected chi connectivity index (χ2v) is 5.66. The molecule has 1 aromatic carbocycles. The van der Waals surface area contributed by atoms with Crippen LogP contribution in [0.2, 0.25) is 0 Å². The molecule has 3 N–H and O–H groups in total. The molecule has 1 aliphatic rings. The van der Waals surface area contributed by atoms with Gasteiger partial charge in [0.2, 0.25) is 0 Å². The van der Waals surface area contributed by atoms with Gasteiger partial charge in [0.25, 0.3) is 0 Å². The fourth-order valence-corrected chi connectivity index (χ4v) is 2.40. The Balaban J connectivity index is 1.61. The first kappa shape index (κ1) is 16.2. The highest BCUT2D eigenvalue weighted by Crippen LogP contribution is 2.40. The van der Waals surface area contributed by atoms with E-state index in [4.69, 9.17) is 0 Å². The molecule has 0 spiro atoms. The van der Waals surface area contributed by atoms with Crippen LogP contribution in [0.15, 0.2) is 24.3 Å². The van der Waals surface area contributed by atoms with Gasteiger partial charge < -0.3 is 10.6 Å². The number of tetrazole rings is 1. The summed E-state index contributed by atoms with van der Waals surface area (Å²) in [6.45, 7) is 0. The van der Waals surface area contributed by atoms with Crippen molar-refractivity contribution in [3.8, 4) is 0 Å². The number of carbonyl (C=O) groups is 1. The van der Waals surface area contributed by atoms with Gasteiger partial charge in [0.15, 0.2) is 5.82 Å². The van der Waals surface area contributed by atoms with E-state index in [0.29, 0.717) is 30.8 Å². The van der Waals surface area contributed by atoms with Gasteiger partial charge in [-0.05, 0) is 36.5 Å². The quantitative estimate of drug-likeness (QED) is 0.778. The summed E-state index contributed by atoms with van der Waals surface area (Å²) in [7, 11) is 0. The zero-order valence-electron chi connectivity index (χ0n) is 12.5. The summed E-state index contributed by atoms with van der Waals surface area (Å²) in [5.74, 6) is -0.0530. The number of aromatic nitrogens is 4. The number of hydrogen-bond donors (Lipinski definition) is 3. The second-order valence-electron chi connectivity index (χ2n) is 5.66. The van der Waals surface area contributed by atoms with Crippen LogP contribution < -0.4 is 10.6 Å². The Kier molecular flexibility index (Phi) is 4.36. The molecular formula is C14H15F3N6O. The highest BCUT2D eigenvalue weighted by Gasteiger charge is 2.49. The molecule has 7 nitrogen and oxygen atoms in total. The Bertz CT molecular complexity index is 699. The molecular weight excluding hydrogens is 325 g/mol. The van der Waals surface area contributed by atoms with E-state index in [0.717, 1.165) is 5.56 Å². The van der Waals surface area contributed by atoms with Crippen molar-refractivity contribution in [2.24, 2.45) is 5.92 Å². The molecule has 1 fully saturated rings. The van der Waals surface area contributed by atoms with Gasteiger partial charge in [0, 0.05) is 12.1 Å². The third kappa shape index (κ3) is 4.21. The predicted molar refractivity (Wildman–Crippen MR) is 78.1 cm³/mol. The number of nitrogens with zero attached hydrogens (tertiary/aromatic N) is 3. The Morgan fingerprint density at radius 2 is 2.17 bits per heavy atom. The van der Waals surface area contributed by atoms with E-state index in [9.17, 15) is 18.0 Å². The van der Waals surface area contributed by atoms with E-state index in [1.807, 2.05) is 5.32 Å². The number of amides is 2. The molecule has 1 saturated carbocycles. The molecule has 10 heteroatoms. The predicted octanol–water partition coefficient (Wildman–Crippen LogP) is 2.25. The van der Waals surface area contributed by atoms with Crippen LogP contribution in [0.3, 0.4) is 0 Å². The standard InChI is InChI=1S/C14H15F3N6O/c15-14(16,17)12(9-4-5-9)19-13(24)18-10-3-1-2-8(6-10)7-11-20-22-23-21-11/h1-3,6,9,12H,4-5,7H2,(H2,18,19,24)(H,20,21,22,23). The lowest BCUT2D eigenvalue weighted by molar-refractivity contribution is -0.157. The number of aromatic amines is 1. The molecule has 1 atom stereocenters. The molecule has 0 radical (unpaired) electrons. The lowest BCUT2D eigenvalue weighted by Crippen LogP contribution is -2.48. The number of nitrogens with one attached hydrogen (secondary N) is 3. The highest BCUT2D eigenvalue weighted by atomic mass is 19.4. The number of alkyl halides is 3. The van der Waals surface area contributed by atoms with Gasteiger partial charge in [-0.15, -0.1) is 10.2 Å². The number of benzene rings is 1. The van der Waals surface area contributed by atoms with Gasteiger partial charge >= 0.3 is 12.2 Å². The number of halogens is 3. The Morgan fingerprint density at radius 1 is 1.38 bits per heavy atom. The van der Waals surface area contributed by atoms with Gasteiger partial charge in [0.1, 0.15) is 6.04 Å². The maximum atomic E-state index is 12.9. The van der Waals surface area contributed by atoms with Crippen LogP contribution in [0.5, 0.6) is 0 Å². The summed E-state index contributed by atoms with van der Waals surface area (Å²) in [5, 5.41) is 17.9. The first-order valence-electron chi connectivity index (χ1n) is 7.37. The van der Waals surface area contributed by atoms with Gasteiger partial charge in [-0.25, -0.2) is 4.79 Å². The number of urea groups is 1. The van der Waals surface area contributed by atoms with E-state index in [1.165, 1.54) is 0 Å². The van der Waals surface area contributed by atoms with Crippen LogP contribution in [0, 0.1) is 5.92 Å². The van der Waals surface area contributed by atoms with Crippen molar-refractivity contribution in [2.75, 3.05) is 5.32 Å². The zero-order valence-corrected chi connectivity index (χ0v) is 12.5. The molecule has 24 heavy (non-hydrogen) atoms. The molecule has 1 aromatic heterocycles. The van der Waals surface area contributed by atoms with Crippen LogP contribution in [0.25, 0.3) is 0 Å². The fraction of sp³-hybridized carbons (Fsp3) is 0.429. The Hall–Kier alpha value is -2.65. The van der Waals surface area contributed by atoms with Crippen molar-refractivity contribution < 1.29 is 18.0 Å². The normalized spacial score (nSPS) is 15.8. The summed E-state index contributed by atoms with van der Waals surface area (Å²) in [4.78, 5) is 11.9. The van der Waals surface area contributed by atoms with Crippen molar-refractivity contribution in [2.45, 2.75) is 31.5 Å². The topological polar surface area (TPSA) is 95.6 Å². The molecule has 1 aliphatic carbocycles. The average molecular weight is 340 g/mol. The van der Waals surface area contributed by atoms with Gasteiger partial charge in [-0.1, -0.05) is 17.3 Å². The lowest BCUT2D eigenvalue weighted by Gasteiger charge is -2.21. The highest BCUT2D eigenvalue weighted by molar-refractivity contribution is 5.89. The third-order valence-electron chi connectivity index (χ3n) is 3.67.